The zero-order valence-electron chi connectivity index (χ0n) is 15.5. The quantitative estimate of drug-likeness (QED) is 0.812. The van der Waals surface area contributed by atoms with Gasteiger partial charge in [-0.3, -0.25) is 9.88 Å². The van der Waals surface area contributed by atoms with Gasteiger partial charge in [0.15, 0.2) is 0 Å². The summed E-state index contributed by atoms with van der Waals surface area (Å²) in [6, 6.07) is 4.10. The fourth-order valence-corrected chi connectivity index (χ4v) is 3.96. The molecule has 0 saturated carbocycles. The molecule has 0 fully saturated rings. The van der Waals surface area contributed by atoms with Crippen LogP contribution in [0, 0.1) is 0 Å². The van der Waals surface area contributed by atoms with Gasteiger partial charge < -0.3 is 5.73 Å². The number of carbonyl (C=O) groups excluding carboxylic acids is 1. The van der Waals surface area contributed by atoms with E-state index in [9.17, 15) is 4.79 Å². The fourth-order valence-electron chi connectivity index (χ4n) is 3.21. The van der Waals surface area contributed by atoms with Crippen molar-refractivity contribution in [3.05, 3.63) is 41.9 Å². The average Bonchev–Trinajstić information content (AvgIpc) is 2.66. The second-order valence-corrected chi connectivity index (χ2v) is 7.86. The standard InChI is InChI=1S/C19H25N5OS/c1-4-26-23(3)13(2)15-9-16(11-21-10-15)17-8-14-6-5-7-24(19(20)25)18(14)22-12-17/h8-13H,4-7H2,1-3H3,(H2,20,25)/t13-/m1/s1. The third-order valence-electron chi connectivity index (χ3n) is 4.75. The van der Waals surface area contributed by atoms with Crippen molar-refractivity contribution < 1.29 is 4.79 Å². The molecular weight excluding hydrogens is 346 g/mol. The second-order valence-electron chi connectivity index (χ2n) is 6.45. The van der Waals surface area contributed by atoms with Crippen LogP contribution in [0.5, 0.6) is 0 Å². The van der Waals surface area contributed by atoms with E-state index in [0.29, 0.717) is 12.4 Å². The molecule has 2 aromatic heterocycles. The first-order valence-corrected chi connectivity index (χ1v) is 9.82. The normalized spacial score (nSPS) is 15.0. The molecule has 2 amide bonds. The Labute approximate surface area is 158 Å². The first kappa shape index (κ1) is 18.7. The maximum absolute atomic E-state index is 11.6. The number of hydrogen-bond acceptors (Lipinski definition) is 5. The van der Waals surface area contributed by atoms with Gasteiger partial charge in [0.25, 0.3) is 0 Å². The molecule has 0 aliphatic carbocycles. The van der Waals surface area contributed by atoms with E-state index in [1.807, 2.05) is 12.4 Å². The molecule has 0 unspecified atom stereocenters. The highest BCUT2D eigenvalue weighted by atomic mass is 32.2. The summed E-state index contributed by atoms with van der Waals surface area (Å²) in [6.45, 7) is 4.96. The Kier molecular flexibility index (Phi) is 5.78. The molecular formula is C19H25N5OS. The van der Waals surface area contributed by atoms with Gasteiger partial charge in [-0.1, -0.05) is 18.9 Å². The summed E-state index contributed by atoms with van der Waals surface area (Å²) in [6.07, 6.45) is 7.38. The molecule has 26 heavy (non-hydrogen) atoms. The van der Waals surface area contributed by atoms with E-state index >= 15 is 0 Å². The van der Waals surface area contributed by atoms with Gasteiger partial charge in [0, 0.05) is 48.1 Å². The second kappa shape index (κ2) is 8.05. The maximum atomic E-state index is 11.6. The zero-order valence-corrected chi connectivity index (χ0v) is 16.3. The number of aryl methyl sites for hydroxylation is 1. The van der Waals surface area contributed by atoms with Gasteiger partial charge in [0.2, 0.25) is 0 Å². The molecule has 0 aromatic carbocycles. The zero-order chi connectivity index (χ0) is 18.7. The molecule has 0 radical (unpaired) electrons. The fraction of sp³-hybridized carbons (Fsp3) is 0.421. The number of nitrogens with zero attached hydrogens (tertiary/aromatic N) is 4. The van der Waals surface area contributed by atoms with Gasteiger partial charge in [-0.25, -0.2) is 14.1 Å². The number of aromatic nitrogens is 2. The van der Waals surface area contributed by atoms with Crippen molar-refractivity contribution in [1.82, 2.24) is 14.3 Å². The lowest BCUT2D eigenvalue weighted by atomic mass is 10.00. The van der Waals surface area contributed by atoms with Crippen LogP contribution < -0.4 is 10.6 Å². The van der Waals surface area contributed by atoms with Crippen molar-refractivity contribution >= 4 is 23.8 Å². The monoisotopic (exact) mass is 371 g/mol. The van der Waals surface area contributed by atoms with Crippen LogP contribution in [0.3, 0.4) is 0 Å². The topological polar surface area (TPSA) is 75.3 Å². The lowest BCUT2D eigenvalue weighted by Crippen LogP contribution is -2.40. The Bertz CT molecular complexity index is 797. The van der Waals surface area contributed by atoms with Crippen molar-refractivity contribution in [3.63, 3.8) is 0 Å². The molecule has 7 heteroatoms. The van der Waals surface area contributed by atoms with Crippen molar-refractivity contribution in [1.29, 1.82) is 0 Å². The first-order valence-electron chi connectivity index (χ1n) is 8.88. The van der Waals surface area contributed by atoms with Gasteiger partial charge in [0.05, 0.1) is 0 Å². The summed E-state index contributed by atoms with van der Waals surface area (Å²) in [5.41, 5.74) is 9.75. The van der Waals surface area contributed by atoms with Gasteiger partial charge in [-0.2, -0.15) is 0 Å². The number of carbonyl (C=O) groups is 1. The van der Waals surface area contributed by atoms with Crippen LogP contribution >= 0.6 is 11.9 Å². The van der Waals surface area contributed by atoms with Crippen LogP contribution in [0.25, 0.3) is 11.1 Å². The predicted molar refractivity (Wildman–Crippen MR) is 107 cm³/mol. The van der Waals surface area contributed by atoms with Crippen molar-refractivity contribution in [3.8, 4) is 11.1 Å². The van der Waals surface area contributed by atoms with Crippen molar-refractivity contribution in [2.24, 2.45) is 5.73 Å². The van der Waals surface area contributed by atoms with Gasteiger partial charge in [0.1, 0.15) is 5.82 Å². The molecule has 6 nitrogen and oxygen atoms in total. The third-order valence-corrected chi connectivity index (χ3v) is 5.73. The average molecular weight is 372 g/mol. The minimum absolute atomic E-state index is 0.267. The van der Waals surface area contributed by atoms with E-state index in [4.69, 9.17) is 5.73 Å². The van der Waals surface area contributed by atoms with Crippen LogP contribution in [0.1, 0.15) is 37.4 Å². The van der Waals surface area contributed by atoms with Gasteiger partial charge in [-0.05, 0) is 50.1 Å². The molecule has 0 bridgehead atoms. The summed E-state index contributed by atoms with van der Waals surface area (Å²) in [5.74, 6) is 1.73. The number of nitrogens with two attached hydrogens (primary N) is 1. The summed E-state index contributed by atoms with van der Waals surface area (Å²) in [4.78, 5) is 22.1. The minimum atomic E-state index is -0.444. The van der Waals surface area contributed by atoms with Crippen molar-refractivity contribution in [2.75, 3.05) is 24.2 Å². The lowest BCUT2D eigenvalue weighted by molar-refractivity contribution is 0.253. The van der Waals surface area contributed by atoms with Gasteiger partial charge in [-0.15, -0.1) is 0 Å². The number of amides is 2. The largest absolute Gasteiger partial charge is 0.351 e. The van der Waals surface area contributed by atoms with Crippen LogP contribution in [0.2, 0.25) is 0 Å². The highest BCUT2D eigenvalue weighted by Gasteiger charge is 2.22. The molecule has 1 atom stereocenters. The summed E-state index contributed by atoms with van der Waals surface area (Å²) in [7, 11) is 2.10. The first-order chi connectivity index (χ1) is 12.5. The number of rotatable bonds is 5. The van der Waals surface area contributed by atoms with E-state index in [0.717, 1.165) is 35.3 Å². The SMILES string of the molecule is CCSN(C)[C@H](C)c1cncc(-c2cnc3c(c2)CCCN3C(N)=O)c1. The highest BCUT2D eigenvalue weighted by molar-refractivity contribution is 7.96. The molecule has 0 saturated heterocycles. The molecule has 1 aliphatic heterocycles. The smallest absolute Gasteiger partial charge is 0.320 e. The summed E-state index contributed by atoms with van der Waals surface area (Å²) < 4.78 is 2.25. The van der Waals surface area contributed by atoms with E-state index in [1.54, 1.807) is 23.0 Å². The summed E-state index contributed by atoms with van der Waals surface area (Å²) in [5, 5.41) is 0. The molecule has 3 heterocycles. The number of anilines is 1. The Morgan fingerprint density at radius 3 is 2.85 bits per heavy atom. The highest BCUT2D eigenvalue weighted by Crippen LogP contribution is 2.31. The number of primary amides is 1. The summed E-state index contributed by atoms with van der Waals surface area (Å²) >= 11 is 1.80. The Hall–Kier alpha value is -2.12. The van der Waals surface area contributed by atoms with Crippen LogP contribution in [-0.2, 0) is 6.42 Å². The van der Waals surface area contributed by atoms with Crippen molar-refractivity contribution in [2.45, 2.75) is 32.7 Å². The van der Waals surface area contributed by atoms with E-state index in [2.05, 4.69) is 47.3 Å². The lowest BCUT2D eigenvalue weighted by Gasteiger charge is -2.27. The number of fused-ring (bicyclic) bond motifs is 1. The molecule has 2 N–H and O–H groups in total. The van der Waals surface area contributed by atoms with Crippen LogP contribution in [-0.4, -0.2) is 39.6 Å². The molecule has 1 aliphatic rings. The maximum Gasteiger partial charge on any atom is 0.320 e. The number of pyridine rings is 2. The Morgan fingerprint density at radius 1 is 1.35 bits per heavy atom. The number of hydrogen-bond donors (Lipinski definition) is 1. The molecule has 138 valence electrons. The van der Waals surface area contributed by atoms with Crippen LogP contribution in [0.15, 0.2) is 30.7 Å². The molecule has 3 rings (SSSR count). The van der Waals surface area contributed by atoms with E-state index < -0.39 is 6.03 Å². The van der Waals surface area contributed by atoms with E-state index in [1.165, 1.54) is 5.56 Å². The third kappa shape index (κ3) is 3.83. The van der Waals surface area contributed by atoms with E-state index in [-0.39, 0.29) is 6.04 Å². The minimum Gasteiger partial charge on any atom is -0.351 e. The molecule has 0 spiro atoms. The Morgan fingerprint density at radius 2 is 2.12 bits per heavy atom. The molecule has 2 aromatic rings. The van der Waals surface area contributed by atoms with Crippen LogP contribution in [0.4, 0.5) is 10.6 Å². The number of urea groups is 1. The Balaban J connectivity index is 1.90. The predicted octanol–water partition coefficient (Wildman–Crippen LogP) is 3.64. The van der Waals surface area contributed by atoms with Gasteiger partial charge >= 0.3 is 6.03 Å².